The number of carbonyl (C=O) groups is 1. The van der Waals surface area contributed by atoms with Gasteiger partial charge < -0.3 is 20.1 Å². The molecule has 2 aromatic rings. The number of nitrogens with one attached hydrogen (secondary N) is 2. The summed E-state index contributed by atoms with van der Waals surface area (Å²) in [4.78, 5) is 25.3. The van der Waals surface area contributed by atoms with Crippen LogP contribution in [0, 0.1) is 5.92 Å². The first-order valence-corrected chi connectivity index (χ1v) is 10.4. The van der Waals surface area contributed by atoms with Crippen LogP contribution in [0.5, 0.6) is 0 Å². The lowest BCUT2D eigenvalue weighted by Crippen LogP contribution is -2.43. The van der Waals surface area contributed by atoms with E-state index in [0.29, 0.717) is 0 Å². The molecule has 2 heterocycles. The van der Waals surface area contributed by atoms with Crippen molar-refractivity contribution in [1.82, 2.24) is 20.2 Å². The molecule has 0 aliphatic carbocycles. The summed E-state index contributed by atoms with van der Waals surface area (Å²) in [6.45, 7) is 10.1. The highest BCUT2D eigenvalue weighted by Crippen LogP contribution is 2.23. The quantitative estimate of drug-likeness (QED) is 0.711. The highest BCUT2D eigenvalue weighted by molar-refractivity contribution is 5.79. The maximum absolute atomic E-state index is 12.5. The van der Waals surface area contributed by atoms with Crippen molar-refractivity contribution in [2.24, 2.45) is 5.92 Å². The van der Waals surface area contributed by atoms with E-state index < -0.39 is 0 Å². The zero-order chi connectivity index (χ0) is 19.1. The predicted octanol–water partition coefficient (Wildman–Crippen LogP) is 3.02. The normalized spacial score (nSPS) is 15.6. The zero-order valence-corrected chi connectivity index (χ0v) is 16.7. The number of amides is 1. The van der Waals surface area contributed by atoms with E-state index in [1.165, 1.54) is 0 Å². The zero-order valence-electron chi connectivity index (χ0n) is 16.7. The molecule has 1 aromatic carbocycles. The van der Waals surface area contributed by atoms with Gasteiger partial charge in [-0.1, -0.05) is 26.0 Å². The van der Waals surface area contributed by atoms with Gasteiger partial charge in [0.05, 0.1) is 11.0 Å². The maximum atomic E-state index is 12.5. The van der Waals surface area contributed by atoms with Gasteiger partial charge in [-0.05, 0) is 50.9 Å². The molecule has 0 bridgehead atoms. The van der Waals surface area contributed by atoms with Crippen molar-refractivity contribution in [2.45, 2.75) is 39.5 Å². The summed E-state index contributed by atoms with van der Waals surface area (Å²) in [5.41, 5.74) is 2.06. The fourth-order valence-electron chi connectivity index (χ4n) is 3.89. The van der Waals surface area contributed by atoms with Crippen LogP contribution < -0.4 is 10.2 Å². The minimum atomic E-state index is 0.122. The fourth-order valence-corrected chi connectivity index (χ4v) is 3.89. The minimum Gasteiger partial charge on any atom is -0.355 e. The molecule has 27 heavy (non-hydrogen) atoms. The molecule has 0 unspecified atom stereocenters. The van der Waals surface area contributed by atoms with Crippen LogP contribution in [0.4, 0.5) is 5.95 Å². The molecule has 6 nitrogen and oxygen atoms in total. The Balaban J connectivity index is 1.43. The Hall–Kier alpha value is -2.08. The molecule has 1 aromatic heterocycles. The van der Waals surface area contributed by atoms with Crippen molar-refractivity contribution in [3.05, 3.63) is 24.3 Å². The van der Waals surface area contributed by atoms with Crippen LogP contribution in [0.1, 0.15) is 39.5 Å². The molecule has 1 saturated heterocycles. The third-order valence-electron chi connectivity index (χ3n) is 5.35. The van der Waals surface area contributed by atoms with Crippen LogP contribution in [0.25, 0.3) is 11.0 Å². The number of H-pyrrole nitrogens is 1. The molecule has 6 heteroatoms. The summed E-state index contributed by atoms with van der Waals surface area (Å²) in [6.07, 6.45) is 4.09. The molecule has 1 aliphatic heterocycles. The molecule has 1 amide bonds. The summed E-state index contributed by atoms with van der Waals surface area (Å²) in [5.74, 6) is 1.26. The Morgan fingerprint density at radius 3 is 2.56 bits per heavy atom. The topological polar surface area (TPSA) is 64.3 Å². The van der Waals surface area contributed by atoms with Gasteiger partial charge in [0.2, 0.25) is 11.9 Å². The predicted molar refractivity (Wildman–Crippen MR) is 111 cm³/mol. The smallest absolute Gasteiger partial charge is 0.223 e. The molecule has 0 radical (unpaired) electrons. The van der Waals surface area contributed by atoms with Crippen LogP contribution in [0.15, 0.2) is 24.3 Å². The number of piperidine rings is 1. The molecular weight excluding hydrogens is 338 g/mol. The van der Waals surface area contributed by atoms with E-state index in [-0.39, 0.29) is 11.8 Å². The molecule has 1 aliphatic rings. The number of rotatable bonds is 9. The fraction of sp³-hybridized carbons (Fsp3) is 0.619. The average Bonchev–Trinajstić information content (AvgIpc) is 3.12. The third kappa shape index (κ3) is 5.22. The summed E-state index contributed by atoms with van der Waals surface area (Å²) in [5, 5.41) is 3.15. The number of anilines is 1. The third-order valence-corrected chi connectivity index (χ3v) is 5.35. The van der Waals surface area contributed by atoms with Crippen LogP contribution in [0.3, 0.4) is 0 Å². The highest BCUT2D eigenvalue weighted by Gasteiger charge is 2.26. The molecule has 0 saturated carbocycles. The van der Waals surface area contributed by atoms with E-state index >= 15 is 0 Å². The van der Waals surface area contributed by atoms with Crippen LogP contribution in [-0.4, -0.2) is 60.0 Å². The number of benzene rings is 1. The number of hydrogen-bond acceptors (Lipinski definition) is 4. The Morgan fingerprint density at radius 2 is 1.89 bits per heavy atom. The Morgan fingerprint density at radius 1 is 1.19 bits per heavy atom. The number of hydrogen-bond donors (Lipinski definition) is 2. The number of fused-ring (bicyclic) bond motifs is 1. The second kappa shape index (κ2) is 9.74. The van der Waals surface area contributed by atoms with Gasteiger partial charge in [0.15, 0.2) is 0 Å². The monoisotopic (exact) mass is 371 g/mol. The van der Waals surface area contributed by atoms with Crippen molar-refractivity contribution in [3.8, 4) is 0 Å². The first-order valence-electron chi connectivity index (χ1n) is 10.4. The lowest BCUT2D eigenvalue weighted by atomic mass is 9.96. The number of nitrogens with zero attached hydrogens (tertiary/aromatic N) is 3. The SMILES string of the molecule is CCCN(CCC)CCNC(=O)C1CCN(c2nc3ccccc3[nH]2)CC1. The van der Waals surface area contributed by atoms with Crippen molar-refractivity contribution < 1.29 is 4.79 Å². The molecule has 148 valence electrons. The van der Waals surface area contributed by atoms with Gasteiger partial charge >= 0.3 is 0 Å². The summed E-state index contributed by atoms with van der Waals surface area (Å²) in [7, 11) is 0. The van der Waals surface area contributed by atoms with Gasteiger partial charge in [-0.3, -0.25) is 4.79 Å². The molecule has 1 fully saturated rings. The standard InChI is InChI=1S/C21H33N5O/c1-3-12-25(13-4-2)16-11-22-20(27)17-9-14-26(15-10-17)21-23-18-7-5-6-8-19(18)24-21/h5-8,17H,3-4,9-16H2,1-2H3,(H,22,27)(H,23,24). The lowest BCUT2D eigenvalue weighted by Gasteiger charge is -2.31. The summed E-state index contributed by atoms with van der Waals surface area (Å²) < 4.78 is 0. The Labute approximate surface area is 162 Å². The van der Waals surface area contributed by atoms with E-state index in [4.69, 9.17) is 0 Å². The average molecular weight is 372 g/mol. The molecule has 0 spiro atoms. The van der Waals surface area contributed by atoms with E-state index in [1.807, 2.05) is 24.3 Å². The van der Waals surface area contributed by atoms with E-state index in [1.54, 1.807) is 0 Å². The lowest BCUT2D eigenvalue weighted by molar-refractivity contribution is -0.125. The number of aromatic amines is 1. The summed E-state index contributed by atoms with van der Waals surface area (Å²) in [6, 6.07) is 8.09. The summed E-state index contributed by atoms with van der Waals surface area (Å²) >= 11 is 0. The number of aromatic nitrogens is 2. The van der Waals surface area contributed by atoms with Gasteiger partial charge in [0.25, 0.3) is 0 Å². The molecular formula is C21H33N5O. The number of carbonyl (C=O) groups excluding carboxylic acids is 1. The van der Waals surface area contributed by atoms with E-state index in [2.05, 4.69) is 38.9 Å². The molecule has 0 atom stereocenters. The van der Waals surface area contributed by atoms with E-state index in [9.17, 15) is 4.79 Å². The Kier molecular flexibility index (Phi) is 7.10. The van der Waals surface area contributed by atoms with Crippen LogP contribution >= 0.6 is 0 Å². The van der Waals surface area contributed by atoms with Gasteiger partial charge in [-0.25, -0.2) is 4.98 Å². The second-order valence-electron chi connectivity index (χ2n) is 7.47. The van der Waals surface area contributed by atoms with Gasteiger partial charge in [-0.15, -0.1) is 0 Å². The van der Waals surface area contributed by atoms with Crippen molar-refractivity contribution in [3.63, 3.8) is 0 Å². The Bertz CT molecular complexity index is 681. The first kappa shape index (κ1) is 19.7. The number of imidazole rings is 1. The van der Waals surface area contributed by atoms with Crippen molar-refractivity contribution in [1.29, 1.82) is 0 Å². The second-order valence-corrected chi connectivity index (χ2v) is 7.47. The van der Waals surface area contributed by atoms with E-state index in [0.717, 1.165) is 81.9 Å². The number of para-hydroxylation sites is 2. The van der Waals surface area contributed by atoms with Gasteiger partial charge in [-0.2, -0.15) is 0 Å². The maximum Gasteiger partial charge on any atom is 0.223 e. The van der Waals surface area contributed by atoms with Gasteiger partial charge in [0, 0.05) is 32.1 Å². The highest BCUT2D eigenvalue weighted by atomic mass is 16.1. The minimum absolute atomic E-state index is 0.122. The largest absolute Gasteiger partial charge is 0.355 e. The van der Waals surface area contributed by atoms with Crippen LogP contribution in [-0.2, 0) is 4.79 Å². The van der Waals surface area contributed by atoms with Crippen molar-refractivity contribution >= 4 is 22.9 Å². The van der Waals surface area contributed by atoms with Gasteiger partial charge in [0.1, 0.15) is 0 Å². The first-order chi connectivity index (χ1) is 13.2. The molecule has 3 rings (SSSR count). The van der Waals surface area contributed by atoms with Crippen molar-refractivity contribution in [2.75, 3.05) is 44.2 Å². The molecule has 2 N–H and O–H groups in total. The van der Waals surface area contributed by atoms with Crippen LogP contribution in [0.2, 0.25) is 0 Å².